The van der Waals surface area contributed by atoms with Crippen molar-refractivity contribution in [2.75, 3.05) is 12.4 Å². The number of aromatic nitrogens is 2. The Labute approximate surface area is 170 Å². The van der Waals surface area contributed by atoms with Crippen LogP contribution in [-0.2, 0) is 4.79 Å². The molecule has 0 bridgehead atoms. The number of thioether (sulfide) groups is 1. The number of nitrogens with zero attached hydrogens (tertiary/aromatic N) is 3. The van der Waals surface area contributed by atoms with Gasteiger partial charge >= 0.3 is 0 Å². The molecule has 1 N–H and O–H groups in total. The maximum absolute atomic E-state index is 12.5. The Balaban J connectivity index is 1.70. The summed E-state index contributed by atoms with van der Waals surface area (Å²) < 4.78 is 10.6. The van der Waals surface area contributed by atoms with E-state index >= 15 is 0 Å². The lowest BCUT2D eigenvalue weighted by Crippen LogP contribution is -2.22. The number of carbonyl (C=O) groups is 1. The summed E-state index contributed by atoms with van der Waals surface area (Å²) in [4.78, 5) is 23.2. The average molecular weight is 414 g/mol. The Hall–Kier alpha value is -3.40. The Bertz CT molecular complexity index is 1050. The standard InChI is InChI=1S/C19H18N4O5S/c1-11-5-4-6-13(9-11)18-21-22-19(28-18)29-12(2)17(24)20-15-8-7-14(27-3)10-16(15)23(25)26/h4-10,12H,1-3H3,(H,20,24)/t12-/m0/s1. The summed E-state index contributed by atoms with van der Waals surface area (Å²) in [5.74, 6) is 0.250. The average Bonchev–Trinajstić information content (AvgIpc) is 3.16. The number of benzene rings is 2. The van der Waals surface area contributed by atoms with Crippen molar-refractivity contribution in [2.24, 2.45) is 0 Å². The third-order valence-corrected chi connectivity index (χ3v) is 4.91. The first-order chi connectivity index (χ1) is 13.9. The van der Waals surface area contributed by atoms with Crippen LogP contribution in [-0.4, -0.2) is 33.4 Å². The lowest BCUT2D eigenvalue weighted by molar-refractivity contribution is -0.384. The zero-order chi connectivity index (χ0) is 21.0. The molecule has 0 saturated carbocycles. The van der Waals surface area contributed by atoms with Gasteiger partial charge in [0.25, 0.3) is 10.9 Å². The van der Waals surface area contributed by atoms with E-state index in [9.17, 15) is 14.9 Å². The fourth-order valence-corrected chi connectivity index (χ4v) is 3.17. The van der Waals surface area contributed by atoms with Gasteiger partial charge in [-0.1, -0.05) is 29.5 Å². The molecule has 1 atom stereocenters. The minimum atomic E-state index is -0.623. The molecule has 150 valence electrons. The van der Waals surface area contributed by atoms with Gasteiger partial charge in [-0.3, -0.25) is 14.9 Å². The van der Waals surface area contributed by atoms with E-state index in [-0.39, 0.29) is 16.6 Å². The molecule has 9 nitrogen and oxygen atoms in total. The van der Waals surface area contributed by atoms with Gasteiger partial charge in [-0.15, -0.1) is 10.2 Å². The third kappa shape index (κ3) is 4.91. The van der Waals surface area contributed by atoms with Crippen LogP contribution in [0.4, 0.5) is 11.4 Å². The largest absolute Gasteiger partial charge is 0.496 e. The molecule has 1 aromatic heterocycles. The molecule has 3 aromatic rings. The zero-order valence-corrected chi connectivity index (χ0v) is 16.7. The number of anilines is 1. The second kappa shape index (κ2) is 8.74. The lowest BCUT2D eigenvalue weighted by Gasteiger charge is -2.11. The van der Waals surface area contributed by atoms with E-state index in [1.807, 2.05) is 31.2 Å². The van der Waals surface area contributed by atoms with Gasteiger partial charge in [0.1, 0.15) is 11.4 Å². The van der Waals surface area contributed by atoms with Gasteiger partial charge in [-0.05, 0) is 38.1 Å². The highest BCUT2D eigenvalue weighted by Crippen LogP contribution is 2.31. The summed E-state index contributed by atoms with van der Waals surface area (Å²) in [6.45, 7) is 3.60. The quantitative estimate of drug-likeness (QED) is 0.349. The summed E-state index contributed by atoms with van der Waals surface area (Å²) in [6.07, 6.45) is 0. The summed E-state index contributed by atoms with van der Waals surface area (Å²) in [5, 5.41) is 21.4. The lowest BCUT2D eigenvalue weighted by atomic mass is 10.1. The normalized spacial score (nSPS) is 11.7. The second-order valence-electron chi connectivity index (χ2n) is 6.13. The number of rotatable bonds is 7. The molecular weight excluding hydrogens is 396 g/mol. The van der Waals surface area contributed by atoms with Crippen molar-refractivity contribution in [1.29, 1.82) is 0 Å². The van der Waals surface area contributed by atoms with E-state index in [0.29, 0.717) is 11.6 Å². The van der Waals surface area contributed by atoms with Crippen LogP contribution < -0.4 is 10.1 Å². The number of carbonyl (C=O) groups excluding carboxylic acids is 1. The first-order valence-corrected chi connectivity index (χ1v) is 9.46. The molecule has 0 aliphatic rings. The maximum Gasteiger partial charge on any atom is 0.296 e. The number of amides is 1. The molecule has 10 heteroatoms. The van der Waals surface area contributed by atoms with Crippen LogP contribution >= 0.6 is 11.8 Å². The fraction of sp³-hybridized carbons (Fsp3) is 0.211. The number of methoxy groups -OCH3 is 1. The molecule has 1 heterocycles. The van der Waals surface area contributed by atoms with Crippen molar-refractivity contribution in [2.45, 2.75) is 24.3 Å². The first-order valence-electron chi connectivity index (χ1n) is 8.58. The van der Waals surface area contributed by atoms with E-state index in [0.717, 1.165) is 22.9 Å². The predicted molar refractivity (Wildman–Crippen MR) is 108 cm³/mol. The molecular formula is C19H18N4O5S. The summed E-state index contributed by atoms with van der Waals surface area (Å²) in [7, 11) is 1.41. The Morgan fingerprint density at radius 3 is 2.76 bits per heavy atom. The Morgan fingerprint density at radius 2 is 2.07 bits per heavy atom. The molecule has 0 unspecified atom stereocenters. The molecule has 29 heavy (non-hydrogen) atoms. The van der Waals surface area contributed by atoms with Crippen LogP contribution in [0.15, 0.2) is 52.1 Å². The molecule has 2 aromatic carbocycles. The number of hydrogen-bond donors (Lipinski definition) is 1. The van der Waals surface area contributed by atoms with E-state index in [2.05, 4.69) is 15.5 Å². The van der Waals surface area contributed by atoms with Gasteiger partial charge in [-0.2, -0.15) is 0 Å². The van der Waals surface area contributed by atoms with Crippen molar-refractivity contribution in [3.63, 3.8) is 0 Å². The number of nitrogens with one attached hydrogen (secondary N) is 1. The van der Waals surface area contributed by atoms with Gasteiger partial charge in [0.2, 0.25) is 11.8 Å². The fourth-order valence-electron chi connectivity index (χ4n) is 2.49. The summed E-state index contributed by atoms with van der Waals surface area (Å²) in [5.41, 5.74) is 1.67. The number of hydrogen-bond acceptors (Lipinski definition) is 8. The van der Waals surface area contributed by atoms with Crippen molar-refractivity contribution in [1.82, 2.24) is 10.2 Å². The minimum Gasteiger partial charge on any atom is -0.496 e. The minimum absolute atomic E-state index is 0.0826. The van der Waals surface area contributed by atoms with Crippen LogP contribution in [0, 0.1) is 17.0 Å². The van der Waals surface area contributed by atoms with Crippen LogP contribution in [0.5, 0.6) is 5.75 Å². The smallest absolute Gasteiger partial charge is 0.296 e. The van der Waals surface area contributed by atoms with Gasteiger partial charge in [0, 0.05) is 5.56 Å². The van der Waals surface area contributed by atoms with Crippen molar-refractivity contribution < 1.29 is 18.9 Å². The van der Waals surface area contributed by atoms with Gasteiger partial charge < -0.3 is 14.5 Å². The molecule has 0 aliphatic heterocycles. The molecule has 1 amide bonds. The highest BCUT2D eigenvalue weighted by atomic mass is 32.2. The van der Waals surface area contributed by atoms with Gasteiger partial charge in [0.15, 0.2) is 0 Å². The number of aryl methyl sites for hydroxylation is 1. The zero-order valence-electron chi connectivity index (χ0n) is 15.9. The van der Waals surface area contributed by atoms with Gasteiger partial charge in [0.05, 0.1) is 23.3 Å². The molecule has 0 fully saturated rings. The van der Waals surface area contributed by atoms with Crippen molar-refractivity contribution >= 4 is 29.0 Å². The van der Waals surface area contributed by atoms with Crippen molar-refractivity contribution in [3.8, 4) is 17.2 Å². The van der Waals surface area contributed by atoms with Crippen LogP contribution in [0.1, 0.15) is 12.5 Å². The van der Waals surface area contributed by atoms with Crippen LogP contribution in [0.2, 0.25) is 0 Å². The summed E-state index contributed by atoms with van der Waals surface area (Å²) in [6, 6.07) is 11.8. The first kappa shape index (κ1) is 20.3. The Kier molecular flexibility index (Phi) is 6.13. The monoisotopic (exact) mass is 414 g/mol. The van der Waals surface area contributed by atoms with E-state index < -0.39 is 16.1 Å². The van der Waals surface area contributed by atoms with Crippen molar-refractivity contribution in [3.05, 3.63) is 58.1 Å². The number of nitro benzene ring substituents is 1. The van der Waals surface area contributed by atoms with E-state index in [4.69, 9.17) is 9.15 Å². The Morgan fingerprint density at radius 1 is 1.28 bits per heavy atom. The molecule has 0 radical (unpaired) electrons. The van der Waals surface area contributed by atoms with Crippen LogP contribution in [0.3, 0.4) is 0 Å². The predicted octanol–water partition coefficient (Wildman–Crippen LogP) is 4.08. The number of ether oxygens (including phenoxy) is 1. The van der Waals surface area contributed by atoms with E-state index in [1.54, 1.807) is 6.92 Å². The maximum atomic E-state index is 12.5. The topological polar surface area (TPSA) is 120 Å². The SMILES string of the molecule is COc1ccc(NC(=O)[C@H](C)Sc2nnc(-c3cccc(C)c3)o2)c([N+](=O)[O-])c1. The van der Waals surface area contributed by atoms with Gasteiger partial charge in [-0.25, -0.2) is 0 Å². The molecule has 0 saturated heterocycles. The summed E-state index contributed by atoms with van der Waals surface area (Å²) >= 11 is 1.07. The number of nitro groups is 1. The highest BCUT2D eigenvalue weighted by molar-refractivity contribution is 8.00. The highest BCUT2D eigenvalue weighted by Gasteiger charge is 2.23. The molecule has 3 rings (SSSR count). The third-order valence-electron chi connectivity index (χ3n) is 3.98. The molecule has 0 spiro atoms. The van der Waals surface area contributed by atoms with E-state index in [1.165, 1.54) is 25.3 Å². The second-order valence-corrected chi connectivity index (χ2v) is 7.42. The molecule has 0 aliphatic carbocycles. The van der Waals surface area contributed by atoms with Crippen LogP contribution in [0.25, 0.3) is 11.5 Å².